The van der Waals surface area contributed by atoms with Crippen molar-refractivity contribution in [2.45, 2.75) is 82.5 Å². The third-order valence-electron chi connectivity index (χ3n) is 9.21. The molecule has 3 fully saturated rings. The van der Waals surface area contributed by atoms with Gasteiger partial charge in [0.15, 0.2) is 0 Å². The SMILES string of the molecule is CO[C@@H]1COCC[C@@H]1N[C@@H]1C[C@H]2CN(C(=O)OCCC(C)(C)O)C[C@@]2(C(=O)N2CCc3ncc(C(F)(F)F)cc3C2)C1. The Bertz CT molecular complexity index is 1160. The van der Waals surface area contributed by atoms with Gasteiger partial charge in [-0.25, -0.2) is 4.79 Å². The third kappa shape index (κ3) is 6.53. The molecule has 234 valence electrons. The minimum atomic E-state index is -4.52. The van der Waals surface area contributed by atoms with Gasteiger partial charge in [0.1, 0.15) is 0 Å². The maximum atomic E-state index is 14.4. The van der Waals surface area contributed by atoms with Crippen LogP contribution in [-0.2, 0) is 38.1 Å². The first-order chi connectivity index (χ1) is 19.8. The number of rotatable bonds is 7. The molecule has 4 heterocycles. The molecule has 5 rings (SSSR count). The number of halogens is 3. The predicted molar refractivity (Wildman–Crippen MR) is 144 cm³/mol. The Morgan fingerprint density at radius 2 is 2.07 bits per heavy atom. The van der Waals surface area contributed by atoms with Crippen molar-refractivity contribution in [2.24, 2.45) is 11.3 Å². The molecule has 0 unspecified atom stereocenters. The Balaban J connectivity index is 1.34. The number of ether oxygens (including phenoxy) is 3. The monoisotopic (exact) mass is 598 g/mol. The van der Waals surface area contributed by atoms with Crippen molar-refractivity contribution in [2.75, 3.05) is 46.6 Å². The van der Waals surface area contributed by atoms with E-state index in [2.05, 4.69) is 10.3 Å². The summed E-state index contributed by atoms with van der Waals surface area (Å²) in [6.07, 6.45) is -1.75. The first-order valence-electron chi connectivity index (χ1n) is 14.6. The number of carbonyl (C=O) groups excluding carboxylic acids is 2. The normalized spacial score (nSPS) is 29.8. The van der Waals surface area contributed by atoms with Crippen molar-refractivity contribution < 1.29 is 42.1 Å². The number of likely N-dealkylation sites (tertiary alicyclic amines) is 1. The summed E-state index contributed by atoms with van der Waals surface area (Å²) in [5.74, 6) is -0.298. The quantitative estimate of drug-likeness (QED) is 0.493. The van der Waals surface area contributed by atoms with E-state index in [9.17, 15) is 27.9 Å². The van der Waals surface area contributed by atoms with Gasteiger partial charge in [0.25, 0.3) is 0 Å². The van der Waals surface area contributed by atoms with Crippen LogP contribution in [0.5, 0.6) is 0 Å². The van der Waals surface area contributed by atoms with Crippen LogP contribution in [0.3, 0.4) is 0 Å². The van der Waals surface area contributed by atoms with E-state index in [0.717, 1.165) is 18.7 Å². The second-order valence-corrected chi connectivity index (χ2v) is 12.8. The summed E-state index contributed by atoms with van der Waals surface area (Å²) >= 11 is 0. The Morgan fingerprint density at radius 1 is 1.29 bits per heavy atom. The summed E-state index contributed by atoms with van der Waals surface area (Å²) in [5, 5.41) is 13.7. The van der Waals surface area contributed by atoms with E-state index in [-0.39, 0.29) is 56.1 Å². The molecule has 0 aromatic carbocycles. The lowest BCUT2D eigenvalue weighted by molar-refractivity contribution is -0.143. The fourth-order valence-electron chi connectivity index (χ4n) is 6.95. The molecular formula is C29H41F3N4O6. The summed E-state index contributed by atoms with van der Waals surface area (Å²) in [6, 6.07) is 1.16. The first-order valence-corrected chi connectivity index (χ1v) is 14.6. The van der Waals surface area contributed by atoms with Crippen LogP contribution in [0.15, 0.2) is 12.3 Å². The molecule has 1 aliphatic carbocycles. The molecule has 2 N–H and O–H groups in total. The minimum absolute atomic E-state index is 0.00336. The zero-order valence-electron chi connectivity index (χ0n) is 24.4. The highest BCUT2D eigenvalue weighted by Crippen LogP contribution is 2.51. The highest BCUT2D eigenvalue weighted by atomic mass is 19.4. The second kappa shape index (κ2) is 11.9. The molecule has 3 aliphatic heterocycles. The maximum absolute atomic E-state index is 14.4. The number of aromatic nitrogens is 1. The lowest BCUT2D eigenvalue weighted by atomic mass is 9.78. The summed E-state index contributed by atoms with van der Waals surface area (Å²) < 4.78 is 56.8. The van der Waals surface area contributed by atoms with Gasteiger partial charge in [0.05, 0.1) is 35.9 Å². The standard InChI is InChI=1S/C29H41F3N4O6/c1-27(2,39)6-9-42-26(38)36-15-20-11-21(34-23-5-8-41-16-24(23)40-3)12-28(20,17-36)25(37)35-7-4-22-18(14-35)10-19(13-33-22)29(30,31)32/h10,13,20-21,23-24,34,39H,4-9,11-12,14-17H2,1-3H3/t20-,21+,23-,24+,28-/m0/s1. The molecule has 1 saturated carbocycles. The van der Waals surface area contributed by atoms with E-state index in [1.54, 1.807) is 30.8 Å². The van der Waals surface area contributed by atoms with Gasteiger partial charge >= 0.3 is 12.3 Å². The average Bonchev–Trinajstić information content (AvgIpc) is 3.46. The van der Waals surface area contributed by atoms with Gasteiger partial charge < -0.3 is 34.4 Å². The number of carbonyl (C=O) groups is 2. The molecule has 1 aromatic heterocycles. The van der Waals surface area contributed by atoms with E-state index < -0.39 is 28.8 Å². The second-order valence-electron chi connectivity index (χ2n) is 12.8. The number of hydrogen-bond donors (Lipinski definition) is 2. The van der Waals surface area contributed by atoms with Gasteiger partial charge in [-0.2, -0.15) is 13.2 Å². The Labute approximate surface area is 243 Å². The Morgan fingerprint density at radius 3 is 2.79 bits per heavy atom. The molecular weight excluding hydrogens is 557 g/mol. The summed E-state index contributed by atoms with van der Waals surface area (Å²) in [7, 11) is 1.65. The average molecular weight is 599 g/mol. The van der Waals surface area contributed by atoms with Crippen molar-refractivity contribution in [3.8, 4) is 0 Å². The van der Waals surface area contributed by atoms with E-state index in [1.807, 2.05) is 0 Å². The summed E-state index contributed by atoms with van der Waals surface area (Å²) in [6.45, 7) is 5.32. The van der Waals surface area contributed by atoms with E-state index in [4.69, 9.17) is 14.2 Å². The number of nitrogens with one attached hydrogen (secondary N) is 1. The van der Waals surface area contributed by atoms with Gasteiger partial charge in [-0.05, 0) is 50.7 Å². The lowest BCUT2D eigenvalue weighted by Crippen LogP contribution is -2.52. The third-order valence-corrected chi connectivity index (χ3v) is 9.21. The van der Waals surface area contributed by atoms with Crippen molar-refractivity contribution in [3.63, 3.8) is 0 Å². The maximum Gasteiger partial charge on any atom is 0.417 e. The van der Waals surface area contributed by atoms with Gasteiger partial charge in [0, 0.05) is 76.7 Å². The fourth-order valence-corrected chi connectivity index (χ4v) is 6.95. The molecule has 42 heavy (non-hydrogen) atoms. The molecule has 1 aromatic rings. The van der Waals surface area contributed by atoms with Gasteiger partial charge in [-0.3, -0.25) is 9.78 Å². The van der Waals surface area contributed by atoms with E-state index >= 15 is 0 Å². The molecule has 2 saturated heterocycles. The van der Waals surface area contributed by atoms with E-state index in [1.165, 1.54) is 0 Å². The number of amides is 2. The number of nitrogens with zero attached hydrogens (tertiary/aromatic N) is 3. The van der Waals surface area contributed by atoms with Crippen LogP contribution in [0.1, 0.15) is 56.4 Å². The molecule has 4 aliphatic rings. The molecule has 0 radical (unpaired) electrons. The van der Waals surface area contributed by atoms with Crippen LogP contribution in [0.4, 0.5) is 18.0 Å². The van der Waals surface area contributed by atoms with Gasteiger partial charge in [0.2, 0.25) is 5.91 Å². The van der Waals surface area contributed by atoms with Crippen molar-refractivity contribution >= 4 is 12.0 Å². The van der Waals surface area contributed by atoms with Crippen LogP contribution in [0.2, 0.25) is 0 Å². The predicted octanol–water partition coefficient (Wildman–Crippen LogP) is 2.76. The van der Waals surface area contributed by atoms with Crippen molar-refractivity contribution in [3.05, 3.63) is 29.1 Å². The first kappa shape index (κ1) is 31.0. The number of aliphatic hydroxyl groups is 1. The molecule has 0 spiro atoms. The Kier molecular flexibility index (Phi) is 8.77. The molecule has 2 amide bonds. The molecule has 0 bridgehead atoms. The van der Waals surface area contributed by atoms with Crippen LogP contribution in [-0.4, -0.2) is 102 Å². The number of methoxy groups -OCH3 is 1. The summed E-state index contributed by atoms with van der Waals surface area (Å²) in [4.78, 5) is 34.6. The van der Waals surface area contributed by atoms with Crippen LogP contribution < -0.4 is 5.32 Å². The van der Waals surface area contributed by atoms with Crippen molar-refractivity contribution in [1.29, 1.82) is 0 Å². The van der Waals surface area contributed by atoms with Crippen LogP contribution in [0, 0.1) is 11.3 Å². The topological polar surface area (TPSA) is 113 Å². The van der Waals surface area contributed by atoms with Gasteiger partial charge in [-0.1, -0.05) is 0 Å². The lowest BCUT2D eigenvalue weighted by Gasteiger charge is -2.37. The largest absolute Gasteiger partial charge is 0.449 e. The smallest absolute Gasteiger partial charge is 0.417 e. The number of fused-ring (bicyclic) bond motifs is 2. The zero-order valence-corrected chi connectivity index (χ0v) is 24.4. The van der Waals surface area contributed by atoms with Crippen LogP contribution in [0.25, 0.3) is 0 Å². The van der Waals surface area contributed by atoms with Crippen LogP contribution >= 0.6 is 0 Å². The Hall–Kier alpha value is -2.48. The molecule has 10 nitrogen and oxygen atoms in total. The zero-order chi connectivity index (χ0) is 30.3. The fraction of sp³-hybridized carbons (Fsp3) is 0.759. The minimum Gasteiger partial charge on any atom is -0.449 e. The number of hydrogen-bond acceptors (Lipinski definition) is 8. The number of alkyl halides is 3. The number of pyridine rings is 1. The summed E-state index contributed by atoms with van der Waals surface area (Å²) in [5.41, 5.74) is -1.74. The highest BCUT2D eigenvalue weighted by molar-refractivity contribution is 5.86. The highest BCUT2D eigenvalue weighted by Gasteiger charge is 2.60. The van der Waals surface area contributed by atoms with E-state index in [0.29, 0.717) is 56.8 Å². The molecule has 5 atom stereocenters. The van der Waals surface area contributed by atoms with Crippen molar-refractivity contribution in [1.82, 2.24) is 20.1 Å². The molecule has 13 heteroatoms. The van der Waals surface area contributed by atoms with Gasteiger partial charge in [-0.15, -0.1) is 0 Å².